The van der Waals surface area contributed by atoms with E-state index in [4.69, 9.17) is 0 Å². The molecule has 0 spiro atoms. The molecule has 0 aliphatic carbocycles. The lowest BCUT2D eigenvalue weighted by Gasteiger charge is -2.23. The van der Waals surface area contributed by atoms with Crippen LogP contribution < -0.4 is 0 Å². The summed E-state index contributed by atoms with van der Waals surface area (Å²) < 4.78 is 45.7. The van der Waals surface area contributed by atoms with E-state index in [1.165, 1.54) is 14.0 Å². The Morgan fingerprint density at radius 3 is 2.05 bits per heavy atom. The van der Waals surface area contributed by atoms with Crippen LogP contribution in [0, 0.1) is 11.3 Å². The van der Waals surface area contributed by atoms with Crippen LogP contribution in [0.15, 0.2) is 0 Å². The van der Waals surface area contributed by atoms with E-state index in [0.29, 0.717) is 6.42 Å². The summed E-state index contributed by atoms with van der Waals surface area (Å²) in [5, 5.41) is 0. The van der Waals surface area contributed by atoms with Gasteiger partial charge < -0.3 is 9.47 Å². The monoisotopic (exact) mass is 298 g/mol. The molecule has 0 heterocycles. The van der Waals surface area contributed by atoms with E-state index in [9.17, 15) is 22.8 Å². The second kappa shape index (κ2) is 6.95. The van der Waals surface area contributed by atoms with Crippen LogP contribution >= 0.6 is 0 Å². The fourth-order valence-corrected chi connectivity index (χ4v) is 1.43. The van der Waals surface area contributed by atoms with Crippen molar-refractivity contribution in [2.24, 2.45) is 11.3 Å². The van der Waals surface area contributed by atoms with Crippen molar-refractivity contribution in [2.45, 2.75) is 52.8 Å². The first kappa shape index (κ1) is 18.7. The van der Waals surface area contributed by atoms with Gasteiger partial charge in [-0.15, -0.1) is 0 Å². The van der Waals surface area contributed by atoms with Crippen LogP contribution in [0.5, 0.6) is 0 Å². The minimum atomic E-state index is -4.57. The Hall–Kier alpha value is -1.27. The second-order valence-corrected chi connectivity index (χ2v) is 5.44. The fourth-order valence-electron chi connectivity index (χ4n) is 1.43. The standard InChI is InChI=1S/C13H21F3O4/c1-8(6-7-12(3,4)11(18)19-5)10(17)20-9(2)13(14,15)16/h8-9H,6-7H2,1-5H3. The summed E-state index contributed by atoms with van der Waals surface area (Å²) in [6.07, 6.45) is -6.14. The highest BCUT2D eigenvalue weighted by Gasteiger charge is 2.40. The van der Waals surface area contributed by atoms with Crippen LogP contribution in [0.1, 0.15) is 40.5 Å². The Bertz CT molecular complexity index is 350. The molecular formula is C13H21F3O4. The number of esters is 2. The zero-order valence-electron chi connectivity index (χ0n) is 12.3. The molecule has 4 nitrogen and oxygen atoms in total. The number of hydrogen-bond donors (Lipinski definition) is 0. The van der Waals surface area contributed by atoms with Crippen molar-refractivity contribution in [2.75, 3.05) is 7.11 Å². The van der Waals surface area contributed by atoms with E-state index >= 15 is 0 Å². The summed E-state index contributed by atoms with van der Waals surface area (Å²) in [6, 6.07) is 0. The van der Waals surface area contributed by atoms with Gasteiger partial charge >= 0.3 is 18.1 Å². The molecule has 0 fully saturated rings. The number of carbonyl (C=O) groups excluding carboxylic acids is 2. The van der Waals surface area contributed by atoms with E-state index in [1.54, 1.807) is 13.8 Å². The Kier molecular flexibility index (Phi) is 6.50. The third-order valence-corrected chi connectivity index (χ3v) is 3.10. The van der Waals surface area contributed by atoms with E-state index < -0.39 is 35.6 Å². The van der Waals surface area contributed by atoms with E-state index in [1.807, 2.05) is 0 Å². The molecule has 0 aliphatic heterocycles. The molecule has 0 N–H and O–H groups in total. The van der Waals surface area contributed by atoms with Gasteiger partial charge in [-0.2, -0.15) is 13.2 Å². The van der Waals surface area contributed by atoms with Crippen LogP contribution in [0.25, 0.3) is 0 Å². The van der Waals surface area contributed by atoms with Crippen molar-refractivity contribution in [3.63, 3.8) is 0 Å². The van der Waals surface area contributed by atoms with Crippen molar-refractivity contribution in [1.29, 1.82) is 0 Å². The highest BCUT2D eigenvalue weighted by molar-refractivity contribution is 5.76. The van der Waals surface area contributed by atoms with Crippen LogP contribution in [0.2, 0.25) is 0 Å². The van der Waals surface area contributed by atoms with Crippen molar-refractivity contribution >= 4 is 11.9 Å². The maximum absolute atomic E-state index is 12.3. The molecule has 0 amide bonds. The Balaban J connectivity index is 4.39. The van der Waals surface area contributed by atoms with Crippen molar-refractivity contribution in [3.05, 3.63) is 0 Å². The minimum absolute atomic E-state index is 0.242. The average molecular weight is 298 g/mol. The molecule has 0 rings (SSSR count). The largest absolute Gasteiger partial charge is 0.469 e. The first-order valence-electron chi connectivity index (χ1n) is 6.27. The number of rotatable bonds is 6. The topological polar surface area (TPSA) is 52.6 Å². The highest BCUT2D eigenvalue weighted by Crippen LogP contribution is 2.28. The molecule has 0 aliphatic rings. The molecule has 7 heteroatoms. The summed E-state index contributed by atoms with van der Waals surface area (Å²) >= 11 is 0. The summed E-state index contributed by atoms with van der Waals surface area (Å²) in [4.78, 5) is 23.0. The Morgan fingerprint density at radius 2 is 1.65 bits per heavy atom. The summed E-state index contributed by atoms with van der Waals surface area (Å²) in [5.41, 5.74) is -0.793. The van der Waals surface area contributed by atoms with Crippen molar-refractivity contribution in [1.82, 2.24) is 0 Å². The summed E-state index contributed by atoms with van der Waals surface area (Å²) in [7, 11) is 1.26. The molecule has 2 unspecified atom stereocenters. The van der Waals surface area contributed by atoms with E-state index in [0.717, 1.165) is 6.92 Å². The maximum atomic E-state index is 12.3. The number of methoxy groups -OCH3 is 1. The average Bonchev–Trinajstić information content (AvgIpc) is 2.33. The molecule has 0 aromatic rings. The molecule has 0 bridgehead atoms. The Morgan fingerprint density at radius 1 is 1.15 bits per heavy atom. The third kappa shape index (κ3) is 5.79. The van der Waals surface area contributed by atoms with Crippen LogP contribution in [0.3, 0.4) is 0 Å². The predicted molar refractivity (Wildman–Crippen MR) is 65.8 cm³/mol. The zero-order chi connectivity index (χ0) is 16.1. The number of halogens is 3. The van der Waals surface area contributed by atoms with Crippen LogP contribution in [-0.2, 0) is 19.1 Å². The van der Waals surface area contributed by atoms with Gasteiger partial charge in [0, 0.05) is 0 Å². The summed E-state index contributed by atoms with van der Waals surface area (Å²) in [5.74, 6) is -2.07. The summed E-state index contributed by atoms with van der Waals surface area (Å²) in [6.45, 7) is 5.55. The van der Waals surface area contributed by atoms with Gasteiger partial charge in [0.15, 0.2) is 6.10 Å². The van der Waals surface area contributed by atoms with Crippen LogP contribution in [-0.4, -0.2) is 31.3 Å². The van der Waals surface area contributed by atoms with Crippen molar-refractivity contribution in [3.8, 4) is 0 Å². The van der Waals surface area contributed by atoms with Gasteiger partial charge in [0.05, 0.1) is 18.4 Å². The SMILES string of the molecule is COC(=O)C(C)(C)CCC(C)C(=O)OC(C)C(F)(F)F. The molecule has 118 valence electrons. The maximum Gasteiger partial charge on any atom is 0.425 e. The van der Waals surface area contributed by atoms with Crippen molar-refractivity contribution < 1.29 is 32.2 Å². The molecule has 0 radical (unpaired) electrons. The zero-order valence-corrected chi connectivity index (χ0v) is 12.3. The first-order chi connectivity index (χ1) is 8.91. The molecule has 0 aromatic heterocycles. The minimum Gasteiger partial charge on any atom is -0.469 e. The van der Waals surface area contributed by atoms with E-state index in [-0.39, 0.29) is 6.42 Å². The fraction of sp³-hybridized carbons (Fsp3) is 0.846. The normalized spacial score (nSPS) is 15.4. The molecule has 0 saturated carbocycles. The van der Waals surface area contributed by atoms with Gasteiger partial charge in [-0.1, -0.05) is 6.92 Å². The number of ether oxygens (including phenoxy) is 2. The number of alkyl halides is 3. The van der Waals surface area contributed by atoms with Gasteiger partial charge in [0.25, 0.3) is 0 Å². The lowest BCUT2D eigenvalue weighted by Crippen LogP contribution is -2.33. The smallest absolute Gasteiger partial charge is 0.425 e. The lowest BCUT2D eigenvalue weighted by molar-refractivity contribution is -0.218. The first-order valence-corrected chi connectivity index (χ1v) is 6.27. The Labute approximate surface area is 116 Å². The third-order valence-electron chi connectivity index (χ3n) is 3.10. The quantitative estimate of drug-likeness (QED) is 0.707. The van der Waals surface area contributed by atoms with Crippen LogP contribution in [0.4, 0.5) is 13.2 Å². The predicted octanol–water partition coefficient (Wildman–Crippen LogP) is 3.10. The molecule has 0 aromatic carbocycles. The number of carbonyl (C=O) groups is 2. The highest BCUT2D eigenvalue weighted by atomic mass is 19.4. The van der Waals surface area contributed by atoms with Gasteiger partial charge in [-0.25, -0.2) is 0 Å². The van der Waals surface area contributed by atoms with Gasteiger partial charge in [0.1, 0.15) is 0 Å². The van der Waals surface area contributed by atoms with Gasteiger partial charge in [-0.3, -0.25) is 9.59 Å². The molecule has 20 heavy (non-hydrogen) atoms. The molecule has 2 atom stereocenters. The van der Waals surface area contributed by atoms with E-state index in [2.05, 4.69) is 9.47 Å². The van der Waals surface area contributed by atoms with Gasteiger partial charge in [0.2, 0.25) is 0 Å². The number of hydrogen-bond acceptors (Lipinski definition) is 4. The van der Waals surface area contributed by atoms with Gasteiger partial charge in [-0.05, 0) is 33.6 Å². The second-order valence-electron chi connectivity index (χ2n) is 5.44. The lowest BCUT2D eigenvalue weighted by atomic mass is 9.85. The molecular weight excluding hydrogens is 277 g/mol. The molecule has 0 saturated heterocycles.